The summed E-state index contributed by atoms with van der Waals surface area (Å²) < 4.78 is 0. The molecule has 0 radical (unpaired) electrons. The summed E-state index contributed by atoms with van der Waals surface area (Å²) in [5, 5.41) is 3.53. The zero-order chi connectivity index (χ0) is 12.9. The number of hydrogen-bond donors (Lipinski definition) is 0. The average molecular weight is 258 g/mol. The average Bonchev–Trinajstić information content (AvgIpc) is 2.27. The van der Waals surface area contributed by atoms with Crippen molar-refractivity contribution in [3.05, 3.63) is 16.7 Å². The zero-order valence-electron chi connectivity index (χ0n) is 13.5. The van der Waals surface area contributed by atoms with Gasteiger partial charge >= 0.3 is 18.9 Å². The molecule has 1 rings (SSSR count). The largest absolute Gasteiger partial charge is 1.00 e. The van der Waals surface area contributed by atoms with E-state index in [4.69, 9.17) is 0 Å². The fourth-order valence-electron chi connectivity index (χ4n) is 2.91. The van der Waals surface area contributed by atoms with Crippen molar-refractivity contribution in [3.8, 4) is 0 Å². The summed E-state index contributed by atoms with van der Waals surface area (Å²) in [7, 11) is -2.42. The molecule has 1 aromatic carbocycles. The Labute approximate surface area is 122 Å². The van der Waals surface area contributed by atoms with Crippen LogP contribution in [0.1, 0.15) is 16.7 Å². The molecule has 0 aliphatic carbocycles. The van der Waals surface area contributed by atoms with E-state index in [0.29, 0.717) is 0 Å². The summed E-state index contributed by atoms with van der Waals surface area (Å²) in [5.41, 5.74) is 4.73. The quantitative estimate of drug-likeness (QED) is 0.533. The Bertz CT molecular complexity index is 366. The van der Waals surface area contributed by atoms with Gasteiger partial charge in [-0.2, -0.15) is 27.1 Å². The van der Waals surface area contributed by atoms with Crippen LogP contribution in [0.15, 0.2) is 0 Å². The predicted molar refractivity (Wildman–Crippen MR) is 82.2 cm³/mol. The Morgan fingerprint density at radius 3 is 1.47 bits per heavy atom. The van der Waals surface area contributed by atoms with Gasteiger partial charge in [0, 0.05) is 8.07 Å². The first-order valence-electron chi connectivity index (χ1n) is 6.25. The molecule has 0 N–H and O–H groups in total. The minimum Gasteiger partial charge on any atom is -0.199 e. The smallest absolute Gasteiger partial charge is 0.199 e. The van der Waals surface area contributed by atoms with Crippen molar-refractivity contribution in [3.63, 3.8) is 0 Å². The molecule has 0 heterocycles. The molecule has 1 aromatic rings. The maximum Gasteiger partial charge on any atom is 1.00 e. The molecule has 92 valence electrons. The minimum atomic E-state index is -1.21. The van der Waals surface area contributed by atoms with E-state index >= 15 is 0 Å². The van der Waals surface area contributed by atoms with Crippen LogP contribution in [-0.2, 0) is 0 Å². The molecular formula is C14H27LiSi2. The van der Waals surface area contributed by atoms with Crippen LogP contribution in [0, 0.1) is 20.8 Å². The van der Waals surface area contributed by atoms with E-state index < -0.39 is 16.1 Å². The molecule has 0 spiro atoms. The fourth-order valence-corrected chi connectivity index (χ4v) is 9.66. The van der Waals surface area contributed by atoms with E-state index in [-0.39, 0.29) is 18.9 Å². The molecule has 0 amide bonds. The molecule has 0 nitrogen and oxygen atoms in total. The Morgan fingerprint density at radius 2 is 1.24 bits per heavy atom. The summed E-state index contributed by atoms with van der Waals surface area (Å²) in [5.74, 6) is 0. The summed E-state index contributed by atoms with van der Waals surface area (Å²) in [6.07, 6.45) is 0. The number of rotatable bonds is 2. The normalized spacial score (nSPS) is 12.5. The molecule has 0 aliphatic heterocycles. The van der Waals surface area contributed by atoms with Crippen LogP contribution < -0.4 is 29.2 Å². The third kappa shape index (κ3) is 3.23. The van der Waals surface area contributed by atoms with E-state index in [1.54, 1.807) is 27.1 Å². The Morgan fingerprint density at radius 1 is 0.824 bits per heavy atom. The molecule has 0 aromatic heterocycles. The van der Waals surface area contributed by atoms with Crippen molar-refractivity contribution in [2.24, 2.45) is 0 Å². The second-order valence-corrected chi connectivity index (χ2v) is 17.1. The topological polar surface area (TPSA) is 0 Å². The molecule has 0 bridgehead atoms. The van der Waals surface area contributed by atoms with Gasteiger partial charge in [0.05, 0.1) is 8.07 Å². The molecule has 0 atom stereocenters. The molecule has 0 aliphatic rings. The van der Waals surface area contributed by atoms with E-state index in [1.807, 2.05) is 0 Å². The Balaban J connectivity index is 0.00000256. The van der Waals surface area contributed by atoms with Gasteiger partial charge in [0.2, 0.25) is 0 Å². The second kappa shape index (κ2) is 5.17. The molecule has 17 heavy (non-hydrogen) atoms. The van der Waals surface area contributed by atoms with Gasteiger partial charge in [-0.15, -0.1) is 0 Å². The second-order valence-electron chi connectivity index (χ2n) is 7.12. The van der Waals surface area contributed by atoms with Gasteiger partial charge in [-0.25, -0.2) is 0 Å². The SMILES string of the molecule is Cc1c([Si](C)(C)C)c([Si](C)(C)C)[c-](C)c1C.[Li+]. The molecular weight excluding hydrogens is 231 g/mol. The zero-order valence-corrected chi connectivity index (χ0v) is 15.5. The Kier molecular flexibility index (Phi) is 5.29. The van der Waals surface area contributed by atoms with E-state index in [0.717, 1.165) is 0 Å². The third-order valence-corrected chi connectivity index (χ3v) is 8.12. The first-order chi connectivity index (χ1) is 6.98. The molecule has 0 saturated heterocycles. The third-order valence-electron chi connectivity index (χ3n) is 3.62. The molecule has 0 fully saturated rings. The van der Waals surface area contributed by atoms with Gasteiger partial charge in [0.1, 0.15) is 0 Å². The molecule has 3 heteroatoms. The van der Waals surface area contributed by atoms with Gasteiger partial charge in [-0.3, -0.25) is 0 Å². The van der Waals surface area contributed by atoms with Crippen LogP contribution in [0.3, 0.4) is 0 Å². The standard InChI is InChI=1S/C14H27Si2.Li/c1-10-11(2)13(15(4,5)6)14(12(10)3)16(7,8)9;/h1-9H3;/q-1;+1. The summed E-state index contributed by atoms with van der Waals surface area (Å²) in [6.45, 7) is 21.9. The van der Waals surface area contributed by atoms with Crippen molar-refractivity contribution in [2.45, 2.75) is 60.1 Å². The van der Waals surface area contributed by atoms with Crippen molar-refractivity contribution in [1.29, 1.82) is 0 Å². The summed E-state index contributed by atoms with van der Waals surface area (Å²) in [4.78, 5) is 0. The fraction of sp³-hybridized carbons (Fsp3) is 0.643. The maximum atomic E-state index is 2.48. The van der Waals surface area contributed by atoms with Crippen LogP contribution in [0.2, 0.25) is 39.3 Å². The summed E-state index contributed by atoms with van der Waals surface area (Å²) in [6, 6.07) is 0. The predicted octanol–water partition coefficient (Wildman–Crippen LogP) is 0.425. The van der Waals surface area contributed by atoms with Gasteiger partial charge in [0.25, 0.3) is 0 Å². The summed E-state index contributed by atoms with van der Waals surface area (Å²) >= 11 is 0. The van der Waals surface area contributed by atoms with Crippen LogP contribution in [0.25, 0.3) is 0 Å². The Hall–Kier alpha value is 0.381. The van der Waals surface area contributed by atoms with Gasteiger partial charge in [0.15, 0.2) is 0 Å². The van der Waals surface area contributed by atoms with Crippen LogP contribution >= 0.6 is 0 Å². The van der Waals surface area contributed by atoms with E-state index in [9.17, 15) is 0 Å². The van der Waals surface area contributed by atoms with Gasteiger partial charge < -0.3 is 0 Å². The van der Waals surface area contributed by atoms with Gasteiger partial charge in [-0.05, 0) is 0 Å². The first kappa shape index (κ1) is 17.4. The van der Waals surface area contributed by atoms with Crippen molar-refractivity contribution in [2.75, 3.05) is 0 Å². The molecule has 0 saturated carbocycles. The minimum absolute atomic E-state index is 0. The van der Waals surface area contributed by atoms with Gasteiger partial charge in [-0.1, -0.05) is 60.1 Å². The van der Waals surface area contributed by atoms with Crippen molar-refractivity contribution < 1.29 is 18.9 Å². The first-order valence-corrected chi connectivity index (χ1v) is 13.2. The maximum absolute atomic E-state index is 2.48. The van der Waals surface area contributed by atoms with Crippen LogP contribution in [0.5, 0.6) is 0 Å². The van der Waals surface area contributed by atoms with E-state index in [2.05, 4.69) is 60.1 Å². The van der Waals surface area contributed by atoms with E-state index in [1.165, 1.54) is 0 Å². The van der Waals surface area contributed by atoms with Crippen LogP contribution in [-0.4, -0.2) is 16.1 Å². The van der Waals surface area contributed by atoms with Crippen LogP contribution in [0.4, 0.5) is 0 Å². The monoisotopic (exact) mass is 258 g/mol. The number of hydrogen-bond acceptors (Lipinski definition) is 0. The molecule has 0 unspecified atom stereocenters. The van der Waals surface area contributed by atoms with Crippen molar-refractivity contribution >= 4 is 26.5 Å². The van der Waals surface area contributed by atoms with Crippen molar-refractivity contribution in [1.82, 2.24) is 0 Å².